The van der Waals surface area contributed by atoms with Gasteiger partial charge in [0.25, 0.3) is 0 Å². The summed E-state index contributed by atoms with van der Waals surface area (Å²) in [5.41, 5.74) is 0.491. The third kappa shape index (κ3) is 2.96. The highest BCUT2D eigenvalue weighted by Gasteiger charge is 2.30. The van der Waals surface area contributed by atoms with Crippen molar-refractivity contribution in [2.75, 3.05) is 6.54 Å². The van der Waals surface area contributed by atoms with Crippen molar-refractivity contribution in [3.63, 3.8) is 0 Å². The van der Waals surface area contributed by atoms with Crippen LogP contribution in [0.3, 0.4) is 0 Å². The number of carboxylic acid groups (broad SMARTS) is 1. The standard InChI is InChI=1S/C15H15FN2O2S/c16-12-5-2-1-4-11(12)14-17-8-10(21-14)9-18-7-3-6-13(18)15(19)20/h1-2,4-5,8,13H,3,6-7,9H2,(H,19,20)/t13-/m1/s1. The molecule has 1 aliphatic heterocycles. The van der Waals surface area contributed by atoms with E-state index in [0.717, 1.165) is 17.8 Å². The molecule has 0 aliphatic carbocycles. The van der Waals surface area contributed by atoms with Gasteiger partial charge in [-0.2, -0.15) is 0 Å². The molecule has 0 amide bonds. The van der Waals surface area contributed by atoms with Crippen LogP contribution in [0, 0.1) is 5.82 Å². The molecule has 6 heteroatoms. The van der Waals surface area contributed by atoms with Crippen LogP contribution in [0.5, 0.6) is 0 Å². The van der Waals surface area contributed by atoms with E-state index in [0.29, 0.717) is 23.5 Å². The molecule has 2 aromatic rings. The minimum Gasteiger partial charge on any atom is -0.480 e. The molecule has 1 atom stereocenters. The number of likely N-dealkylation sites (tertiary alicyclic amines) is 1. The Hall–Kier alpha value is -1.79. The number of hydrogen-bond donors (Lipinski definition) is 1. The lowest BCUT2D eigenvalue weighted by Crippen LogP contribution is -2.35. The van der Waals surface area contributed by atoms with Crippen molar-refractivity contribution in [1.82, 2.24) is 9.88 Å². The molecule has 1 aromatic heterocycles. The Kier molecular flexibility index (Phi) is 3.98. The quantitative estimate of drug-likeness (QED) is 0.943. The summed E-state index contributed by atoms with van der Waals surface area (Å²) in [6.45, 7) is 1.34. The fourth-order valence-corrected chi connectivity index (χ4v) is 3.60. The predicted molar refractivity (Wildman–Crippen MR) is 78.6 cm³/mol. The Bertz CT molecular complexity index is 659. The first-order chi connectivity index (χ1) is 10.1. The molecule has 0 spiro atoms. The van der Waals surface area contributed by atoms with E-state index in [-0.39, 0.29) is 5.82 Å². The number of rotatable bonds is 4. The average Bonchev–Trinajstić information content (AvgIpc) is 3.09. The second-order valence-electron chi connectivity index (χ2n) is 5.08. The number of hydrogen-bond acceptors (Lipinski definition) is 4. The first-order valence-corrected chi connectivity index (χ1v) is 7.63. The fourth-order valence-electron chi connectivity index (χ4n) is 2.63. The molecular weight excluding hydrogens is 291 g/mol. The molecule has 0 unspecified atom stereocenters. The molecule has 110 valence electrons. The number of carboxylic acids is 1. The van der Waals surface area contributed by atoms with Gasteiger partial charge in [-0.1, -0.05) is 12.1 Å². The van der Waals surface area contributed by atoms with Crippen LogP contribution < -0.4 is 0 Å². The van der Waals surface area contributed by atoms with Gasteiger partial charge in [0.15, 0.2) is 0 Å². The summed E-state index contributed by atoms with van der Waals surface area (Å²) in [5, 5.41) is 9.81. The second-order valence-corrected chi connectivity index (χ2v) is 6.19. The fraction of sp³-hybridized carbons (Fsp3) is 0.333. The van der Waals surface area contributed by atoms with Crippen LogP contribution in [0.25, 0.3) is 10.6 Å². The van der Waals surface area contributed by atoms with Crippen LogP contribution in [0.2, 0.25) is 0 Å². The van der Waals surface area contributed by atoms with Crippen LogP contribution in [0.4, 0.5) is 4.39 Å². The third-order valence-electron chi connectivity index (χ3n) is 3.67. The highest BCUT2D eigenvalue weighted by molar-refractivity contribution is 7.15. The number of thiazole rings is 1. The van der Waals surface area contributed by atoms with Crippen molar-refractivity contribution in [1.29, 1.82) is 0 Å². The summed E-state index contributed by atoms with van der Waals surface area (Å²) < 4.78 is 13.7. The normalized spacial score (nSPS) is 19.0. The number of nitrogens with zero attached hydrogens (tertiary/aromatic N) is 2. The lowest BCUT2D eigenvalue weighted by atomic mass is 10.2. The van der Waals surface area contributed by atoms with Gasteiger partial charge in [-0.05, 0) is 31.5 Å². The SMILES string of the molecule is O=C(O)[C@H]1CCCN1Cc1cnc(-c2ccccc2F)s1. The number of aliphatic carboxylic acids is 1. The van der Waals surface area contributed by atoms with E-state index in [4.69, 9.17) is 0 Å². The first-order valence-electron chi connectivity index (χ1n) is 6.81. The summed E-state index contributed by atoms with van der Waals surface area (Å²) >= 11 is 1.42. The molecule has 0 radical (unpaired) electrons. The number of carbonyl (C=O) groups is 1. The molecule has 1 saturated heterocycles. The first kappa shape index (κ1) is 14.2. The lowest BCUT2D eigenvalue weighted by molar-refractivity contribution is -0.142. The Labute approximate surface area is 125 Å². The topological polar surface area (TPSA) is 53.4 Å². The zero-order chi connectivity index (χ0) is 14.8. The highest BCUT2D eigenvalue weighted by Crippen LogP contribution is 2.29. The van der Waals surface area contributed by atoms with E-state index < -0.39 is 12.0 Å². The van der Waals surface area contributed by atoms with Crippen LogP contribution in [0.15, 0.2) is 30.5 Å². The van der Waals surface area contributed by atoms with E-state index in [1.54, 1.807) is 24.4 Å². The Morgan fingerprint density at radius 2 is 2.29 bits per heavy atom. The second kappa shape index (κ2) is 5.91. The van der Waals surface area contributed by atoms with E-state index in [1.807, 2.05) is 4.90 Å². The van der Waals surface area contributed by atoms with E-state index in [1.165, 1.54) is 17.4 Å². The molecule has 1 N–H and O–H groups in total. The van der Waals surface area contributed by atoms with Crippen LogP contribution in [0.1, 0.15) is 17.7 Å². The largest absolute Gasteiger partial charge is 0.480 e. The van der Waals surface area contributed by atoms with Crippen molar-refractivity contribution < 1.29 is 14.3 Å². The van der Waals surface area contributed by atoms with Crippen LogP contribution >= 0.6 is 11.3 Å². The molecule has 21 heavy (non-hydrogen) atoms. The van der Waals surface area contributed by atoms with Crippen LogP contribution in [-0.4, -0.2) is 33.5 Å². The van der Waals surface area contributed by atoms with Gasteiger partial charge in [0.2, 0.25) is 0 Å². The van der Waals surface area contributed by atoms with Gasteiger partial charge in [-0.25, -0.2) is 9.37 Å². The average molecular weight is 306 g/mol. The maximum Gasteiger partial charge on any atom is 0.320 e. The van der Waals surface area contributed by atoms with Crippen molar-refractivity contribution in [2.24, 2.45) is 0 Å². The number of halogens is 1. The van der Waals surface area contributed by atoms with Crippen molar-refractivity contribution >= 4 is 17.3 Å². The molecule has 2 heterocycles. The minimum absolute atomic E-state index is 0.289. The summed E-state index contributed by atoms with van der Waals surface area (Å²) in [4.78, 5) is 18.3. The van der Waals surface area contributed by atoms with Crippen LogP contribution in [-0.2, 0) is 11.3 Å². The summed E-state index contributed by atoms with van der Waals surface area (Å²) in [7, 11) is 0. The van der Waals surface area contributed by atoms with Gasteiger partial charge in [-0.15, -0.1) is 11.3 Å². The van der Waals surface area contributed by atoms with E-state index in [2.05, 4.69) is 4.98 Å². The van der Waals surface area contributed by atoms with E-state index in [9.17, 15) is 14.3 Å². The van der Waals surface area contributed by atoms with Gasteiger partial charge in [0.1, 0.15) is 16.9 Å². The Balaban J connectivity index is 1.77. The highest BCUT2D eigenvalue weighted by atomic mass is 32.1. The van der Waals surface area contributed by atoms with E-state index >= 15 is 0 Å². The molecular formula is C15H15FN2O2S. The molecule has 1 aliphatic rings. The molecule has 1 aromatic carbocycles. The van der Waals surface area contributed by atoms with Gasteiger partial charge in [0.05, 0.1) is 0 Å². The summed E-state index contributed by atoms with van der Waals surface area (Å²) in [6.07, 6.45) is 3.30. The van der Waals surface area contributed by atoms with Gasteiger partial charge < -0.3 is 5.11 Å². The maximum absolute atomic E-state index is 13.7. The van der Waals surface area contributed by atoms with Crippen molar-refractivity contribution in [3.05, 3.63) is 41.2 Å². The number of benzene rings is 1. The Morgan fingerprint density at radius 1 is 1.48 bits per heavy atom. The zero-order valence-electron chi connectivity index (χ0n) is 11.3. The Morgan fingerprint density at radius 3 is 3.05 bits per heavy atom. The minimum atomic E-state index is -0.772. The molecule has 3 rings (SSSR count). The molecule has 0 saturated carbocycles. The van der Waals surface area contributed by atoms with Crippen molar-refractivity contribution in [3.8, 4) is 10.6 Å². The lowest BCUT2D eigenvalue weighted by Gasteiger charge is -2.19. The molecule has 1 fully saturated rings. The molecule has 0 bridgehead atoms. The third-order valence-corrected chi connectivity index (χ3v) is 4.68. The maximum atomic E-state index is 13.7. The van der Waals surface area contributed by atoms with Gasteiger partial charge in [-0.3, -0.25) is 9.69 Å². The zero-order valence-corrected chi connectivity index (χ0v) is 12.1. The van der Waals surface area contributed by atoms with Gasteiger partial charge in [0, 0.05) is 23.2 Å². The smallest absolute Gasteiger partial charge is 0.320 e. The predicted octanol–water partition coefficient (Wildman–Crippen LogP) is 3.00. The van der Waals surface area contributed by atoms with Crippen molar-refractivity contribution in [2.45, 2.75) is 25.4 Å². The number of aromatic nitrogens is 1. The van der Waals surface area contributed by atoms with Gasteiger partial charge >= 0.3 is 5.97 Å². The summed E-state index contributed by atoms with van der Waals surface area (Å²) in [6, 6.07) is 6.13. The summed E-state index contributed by atoms with van der Waals surface area (Å²) in [5.74, 6) is -1.06. The molecule has 4 nitrogen and oxygen atoms in total. The monoisotopic (exact) mass is 306 g/mol.